The Labute approximate surface area is 233 Å². The van der Waals surface area contributed by atoms with E-state index < -0.39 is 18.0 Å². The van der Waals surface area contributed by atoms with Crippen LogP contribution < -0.4 is 4.90 Å². The van der Waals surface area contributed by atoms with Crippen molar-refractivity contribution in [2.24, 2.45) is 5.92 Å². The van der Waals surface area contributed by atoms with E-state index in [0.29, 0.717) is 50.5 Å². The zero-order valence-corrected chi connectivity index (χ0v) is 23.6. The molecule has 8 nitrogen and oxygen atoms in total. The molecule has 11 heteroatoms. The van der Waals surface area contributed by atoms with Crippen molar-refractivity contribution in [3.05, 3.63) is 46.3 Å². The second-order valence-corrected chi connectivity index (χ2v) is 11.5. The van der Waals surface area contributed by atoms with Crippen molar-refractivity contribution in [1.29, 1.82) is 0 Å². The van der Waals surface area contributed by atoms with Crippen LogP contribution in [-0.2, 0) is 28.9 Å². The fraction of sp³-hybridized carbons (Fsp3) is 0.621. The summed E-state index contributed by atoms with van der Waals surface area (Å²) in [7, 11) is 0. The minimum atomic E-state index is -4.35. The van der Waals surface area contributed by atoms with Gasteiger partial charge in [0.25, 0.3) is 5.91 Å². The number of aromatic nitrogens is 2. The SMILES string of the molecule is Cc1cccc(N2CCN(C(=O)Cn3nc(C(=O)N4C[C@@H](C)O[C@@H](C)C4)c4c3CC[C@@H](C(F)(F)F)C4)CC2)c1C. The van der Waals surface area contributed by atoms with Crippen LogP contribution in [0.1, 0.15) is 53.1 Å². The highest BCUT2D eigenvalue weighted by Gasteiger charge is 2.44. The Morgan fingerprint density at radius 1 is 1.02 bits per heavy atom. The Morgan fingerprint density at radius 2 is 1.70 bits per heavy atom. The molecule has 0 spiro atoms. The van der Waals surface area contributed by atoms with Crippen LogP contribution in [0.2, 0.25) is 0 Å². The summed E-state index contributed by atoms with van der Waals surface area (Å²) in [6, 6.07) is 6.22. The van der Waals surface area contributed by atoms with E-state index in [1.54, 1.807) is 9.80 Å². The van der Waals surface area contributed by atoms with Gasteiger partial charge in [-0.3, -0.25) is 14.3 Å². The molecule has 1 aromatic carbocycles. The van der Waals surface area contributed by atoms with Gasteiger partial charge < -0.3 is 19.4 Å². The topological polar surface area (TPSA) is 70.9 Å². The minimum Gasteiger partial charge on any atom is -0.372 e. The first-order chi connectivity index (χ1) is 18.9. The maximum Gasteiger partial charge on any atom is 0.392 e. The number of halogens is 3. The highest BCUT2D eigenvalue weighted by atomic mass is 19.4. The monoisotopic (exact) mass is 561 g/mol. The van der Waals surface area contributed by atoms with E-state index >= 15 is 0 Å². The molecule has 0 unspecified atom stereocenters. The molecule has 2 aliphatic heterocycles. The van der Waals surface area contributed by atoms with Crippen LogP contribution in [0.3, 0.4) is 0 Å². The van der Waals surface area contributed by atoms with Crippen LogP contribution in [0.25, 0.3) is 0 Å². The molecule has 5 rings (SSSR count). The van der Waals surface area contributed by atoms with Gasteiger partial charge in [0, 0.05) is 56.2 Å². The summed E-state index contributed by atoms with van der Waals surface area (Å²) in [6.07, 6.45) is -4.96. The van der Waals surface area contributed by atoms with E-state index in [1.807, 2.05) is 19.9 Å². The number of fused-ring (bicyclic) bond motifs is 1. The van der Waals surface area contributed by atoms with Crippen LogP contribution in [-0.4, -0.2) is 89.0 Å². The highest BCUT2D eigenvalue weighted by molar-refractivity contribution is 5.94. The highest BCUT2D eigenvalue weighted by Crippen LogP contribution is 2.38. The molecule has 2 saturated heterocycles. The number of nitrogens with zero attached hydrogens (tertiary/aromatic N) is 5. The van der Waals surface area contributed by atoms with Crippen molar-refractivity contribution >= 4 is 17.5 Å². The summed E-state index contributed by atoms with van der Waals surface area (Å²) < 4.78 is 48.3. The van der Waals surface area contributed by atoms with Gasteiger partial charge in [-0.15, -0.1) is 0 Å². The Balaban J connectivity index is 1.34. The van der Waals surface area contributed by atoms with Gasteiger partial charge in [-0.25, -0.2) is 0 Å². The fourth-order valence-corrected chi connectivity index (χ4v) is 6.27. The second-order valence-electron chi connectivity index (χ2n) is 11.5. The first kappa shape index (κ1) is 28.4. The first-order valence-electron chi connectivity index (χ1n) is 14.1. The number of carbonyl (C=O) groups is 2. The molecular formula is C29H38F3N5O3. The van der Waals surface area contributed by atoms with Gasteiger partial charge in [-0.05, 0) is 64.2 Å². The van der Waals surface area contributed by atoms with Crippen molar-refractivity contribution in [2.45, 2.75) is 71.9 Å². The predicted molar refractivity (Wildman–Crippen MR) is 144 cm³/mol. The third-order valence-corrected chi connectivity index (χ3v) is 8.55. The normalized spacial score (nSPS) is 23.8. The summed E-state index contributed by atoms with van der Waals surface area (Å²) in [5, 5.41) is 4.51. The van der Waals surface area contributed by atoms with Crippen LogP contribution >= 0.6 is 0 Å². The standard InChI is InChI=1S/C29H38F3N5O3/c1-18-6-5-7-24(21(18)4)34-10-12-35(13-11-34)26(38)17-37-25-9-8-22(29(30,31)32)14-23(25)27(33-37)28(39)36-15-19(2)40-20(3)16-36/h5-7,19-20,22H,8-17H2,1-4H3/t19-,20+,22-/m1/s1. The maximum absolute atomic E-state index is 13.7. The van der Waals surface area contributed by atoms with Gasteiger partial charge >= 0.3 is 6.18 Å². The first-order valence-corrected chi connectivity index (χ1v) is 14.1. The molecule has 0 saturated carbocycles. The average molecular weight is 562 g/mol. The number of ether oxygens (including phenoxy) is 1. The number of aryl methyl sites for hydroxylation is 1. The molecule has 3 heterocycles. The number of morpholine rings is 1. The van der Waals surface area contributed by atoms with E-state index in [-0.39, 0.29) is 49.6 Å². The number of anilines is 1. The lowest BCUT2D eigenvalue weighted by Gasteiger charge is -2.37. The van der Waals surface area contributed by atoms with Gasteiger partial charge in [0.1, 0.15) is 6.54 Å². The number of hydrogen-bond acceptors (Lipinski definition) is 5. The van der Waals surface area contributed by atoms with Gasteiger partial charge in [0.15, 0.2) is 5.69 Å². The molecule has 0 bridgehead atoms. The van der Waals surface area contributed by atoms with Crippen molar-refractivity contribution in [2.75, 3.05) is 44.2 Å². The molecule has 1 aliphatic carbocycles. The number of amides is 2. The van der Waals surface area contributed by atoms with Crippen LogP contribution in [0.5, 0.6) is 0 Å². The third kappa shape index (κ3) is 5.70. The summed E-state index contributed by atoms with van der Waals surface area (Å²) in [5.74, 6) is -2.06. The Kier molecular flexibility index (Phi) is 7.87. The molecule has 1 aromatic heterocycles. The van der Waals surface area contributed by atoms with Crippen LogP contribution in [0, 0.1) is 19.8 Å². The molecule has 3 aliphatic rings. The number of rotatable bonds is 4. The largest absolute Gasteiger partial charge is 0.392 e. The Bertz CT molecular complexity index is 1260. The number of hydrogen-bond donors (Lipinski definition) is 0. The van der Waals surface area contributed by atoms with Crippen molar-refractivity contribution in [3.63, 3.8) is 0 Å². The second kappa shape index (κ2) is 11.1. The summed E-state index contributed by atoms with van der Waals surface area (Å²) in [4.78, 5) is 32.6. The quantitative estimate of drug-likeness (QED) is 0.569. The van der Waals surface area contributed by atoms with Gasteiger partial charge in [0.2, 0.25) is 5.91 Å². The van der Waals surface area contributed by atoms with E-state index in [1.165, 1.54) is 21.5 Å². The Morgan fingerprint density at radius 3 is 2.35 bits per heavy atom. The van der Waals surface area contributed by atoms with Crippen molar-refractivity contribution < 1.29 is 27.5 Å². The Hall–Kier alpha value is -3.08. The number of benzene rings is 1. The zero-order chi connectivity index (χ0) is 28.8. The van der Waals surface area contributed by atoms with Crippen LogP contribution in [0.15, 0.2) is 18.2 Å². The van der Waals surface area contributed by atoms with E-state index in [4.69, 9.17) is 4.74 Å². The fourth-order valence-electron chi connectivity index (χ4n) is 6.27. The molecule has 0 N–H and O–H groups in total. The minimum absolute atomic E-state index is 0.0396. The summed E-state index contributed by atoms with van der Waals surface area (Å²) in [6.45, 7) is 11.0. The van der Waals surface area contributed by atoms with Gasteiger partial charge in [-0.1, -0.05) is 12.1 Å². The number of alkyl halides is 3. The number of piperazine rings is 1. The summed E-state index contributed by atoms with van der Waals surface area (Å²) in [5.41, 5.74) is 4.56. The van der Waals surface area contributed by atoms with E-state index in [9.17, 15) is 22.8 Å². The molecule has 2 fully saturated rings. The van der Waals surface area contributed by atoms with Crippen molar-refractivity contribution in [3.8, 4) is 0 Å². The molecule has 0 radical (unpaired) electrons. The van der Waals surface area contributed by atoms with Gasteiger partial charge in [-0.2, -0.15) is 18.3 Å². The lowest BCUT2D eigenvalue weighted by molar-refractivity contribution is -0.177. The molecule has 2 aromatic rings. The smallest absolute Gasteiger partial charge is 0.372 e. The number of carbonyl (C=O) groups excluding carboxylic acids is 2. The average Bonchev–Trinajstić information content (AvgIpc) is 3.26. The summed E-state index contributed by atoms with van der Waals surface area (Å²) >= 11 is 0. The maximum atomic E-state index is 13.7. The molecule has 218 valence electrons. The van der Waals surface area contributed by atoms with E-state index in [2.05, 4.69) is 36.0 Å². The molecular weight excluding hydrogens is 523 g/mol. The van der Waals surface area contributed by atoms with Crippen LogP contribution in [0.4, 0.5) is 18.9 Å². The molecule has 2 amide bonds. The molecule has 40 heavy (non-hydrogen) atoms. The van der Waals surface area contributed by atoms with Gasteiger partial charge in [0.05, 0.1) is 18.1 Å². The van der Waals surface area contributed by atoms with E-state index in [0.717, 1.165) is 0 Å². The third-order valence-electron chi connectivity index (χ3n) is 8.55. The predicted octanol–water partition coefficient (Wildman–Crippen LogP) is 3.77. The zero-order valence-electron chi connectivity index (χ0n) is 23.6. The lowest BCUT2D eigenvalue weighted by atomic mass is 9.85. The lowest BCUT2D eigenvalue weighted by Crippen LogP contribution is -2.50. The van der Waals surface area contributed by atoms with Crippen molar-refractivity contribution in [1.82, 2.24) is 19.6 Å². The molecule has 3 atom stereocenters.